The van der Waals surface area contributed by atoms with Gasteiger partial charge in [0.15, 0.2) is 12.4 Å². The fourth-order valence-corrected chi connectivity index (χ4v) is 9.90. The molecule has 74 heavy (non-hydrogen) atoms. The highest BCUT2D eigenvalue weighted by molar-refractivity contribution is 7.47. The molecule has 2 rings (SSSR count). The summed E-state index contributed by atoms with van der Waals surface area (Å²) in [6, 6.07) is 0. The molecule has 1 fully saturated rings. The lowest BCUT2D eigenvalue weighted by Gasteiger charge is -2.41. The Labute approximate surface area is 438 Å². The number of unbranched alkanes of at least 4 members (excludes halogenated alkanes) is 12. The molecule has 0 radical (unpaired) electrons. The number of phosphoric acid groups is 2. The Bertz CT molecular complexity index is 1770. The first kappa shape index (κ1) is 67.6. The molecule has 0 aromatic carbocycles. The molecule has 2 aliphatic rings. The Morgan fingerprint density at radius 2 is 1.42 bits per heavy atom. The number of carbonyl (C=O) groups excluding carboxylic acids is 2. The molecule has 13 atom stereocenters. The second-order valence-electron chi connectivity index (χ2n) is 19.1. The van der Waals surface area contributed by atoms with E-state index in [9.17, 15) is 69.1 Å². The molecule has 2 bridgehead atoms. The van der Waals surface area contributed by atoms with E-state index in [4.69, 9.17) is 27.8 Å². The second kappa shape index (κ2) is 39.0. The maximum Gasteiger partial charge on any atom is 0.472 e. The predicted molar refractivity (Wildman–Crippen MR) is 277 cm³/mol. The third-order valence-corrected chi connectivity index (χ3v) is 14.1. The van der Waals surface area contributed by atoms with Gasteiger partial charge in [0.25, 0.3) is 0 Å². The van der Waals surface area contributed by atoms with E-state index in [1.54, 1.807) is 6.08 Å². The standard InChI is InChI=1S/C52H90O20P2/c1-3-5-7-8-9-10-11-12-13-14-15-16-17-18-19-20-21-22-23-28-32-44(55)67-37-40-38-68-74(65,66)72-52-50(61)49(60)47(58)41(31-27-24-25-29-33-45(56)69-40)42(54)36-46(57)70-43(35-34-39(53)30-26-6-4-2)48(59)51(52)71-73(62,63)64/h10-11,13-14,16-17,24,27,34-35,39-43,46-54,57-61H,3-9,12,15,18-23,25-26,28-33,36-38H2,1-2H3,(H,65,66)(H2,62,63,64)/b11-10-,14-13-,17-16-,27-24-,35-34?/t39-,40+,41-,42-,43+,46?,47+,48+,49-,50+,51+,52-/m0/s1. The Kier molecular flexibility index (Phi) is 35.6. The molecule has 2 unspecified atom stereocenters. The molecular weight excluding hydrogens is 1010 g/mol. The number of cyclic esters (lactones) is 1. The van der Waals surface area contributed by atoms with Crippen LogP contribution in [-0.4, -0.2) is 143 Å². The first-order valence-electron chi connectivity index (χ1n) is 26.7. The Balaban J connectivity index is 2.18. The number of allylic oxidation sites excluding steroid dienone is 8. The van der Waals surface area contributed by atoms with Crippen molar-refractivity contribution in [3.63, 3.8) is 0 Å². The average molecular weight is 1100 g/mol. The molecule has 20 nitrogen and oxygen atoms in total. The van der Waals surface area contributed by atoms with Gasteiger partial charge in [-0.15, -0.1) is 0 Å². The van der Waals surface area contributed by atoms with E-state index >= 15 is 0 Å². The van der Waals surface area contributed by atoms with E-state index < -0.39 is 120 Å². The predicted octanol–water partition coefficient (Wildman–Crippen LogP) is 7.12. The number of hydrogen-bond acceptors (Lipinski definition) is 17. The zero-order chi connectivity index (χ0) is 54.8. The summed E-state index contributed by atoms with van der Waals surface area (Å²) in [6.45, 7) is 2.52. The Hall–Kier alpha value is -2.46. The summed E-state index contributed by atoms with van der Waals surface area (Å²) in [5, 5.41) is 79.0. The van der Waals surface area contributed by atoms with Gasteiger partial charge in [-0.05, 0) is 70.6 Å². The van der Waals surface area contributed by atoms with Crippen molar-refractivity contribution in [2.24, 2.45) is 5.92 Å². The summed E-state index contributed by atoms with van der Waals surface area (Å²) < 4.78 is 57.8. The van der Waals surface area contributed by atoms with Crippen LogP contribution in [0, 0.1) is 5.92 Å². The van der Waals surface area contributed by atoms with Gasteiger partial charge in [-0.1, -0.05) is 139 Å². The third-order valence-electron chi connectivity index (χ3n) is 12.6. The minimum Gasteiger partial charge on any atom is -0.462 e. The third kappa shape index (κ3) is 30.5. The lowest BCUT2D eigenvalue weighted by atomic mass is 9.83. The topological polar surface area (TPSA) is 326 Å². The zero-order valence-electron chi connectivity index (χ0n) is 43.5. The molecule has 0 saturated carbocycles. The Morgan fingerprint density at radius 3 is 2.07 bits per heavy atom. The number of esters is 2. The van der Waals surface area contributed by atoms with Crippen molar-refractivity contribution >= 4 is 27.6 Å². The number of phosphoric ester groups is 2. The summed E-state index contributed by atoms with van der Waals surface area (Å²) in [7, 11) is -11.5. The molecule has 428 valence electrons. The fourth-order valence-electron chi connectivity index (χ4n) is 8.37. The fraction of sp³-hybridized carbons (Fsp3) is 0.769. The number of aliphatic hydroxyl groups is 7. The van der Waals surface area contributed by atoms with Gasteiger partial charge in [0.2, 0.25) is 0 Å². The molecule has 0 amide bonds. The highest BCUT2D eigenvalue weighted by Crippen LogP contribution is 2.49. The summed E-state index contributed by atoms with van der Waals surface area (Å²) in [4.78, 5) is 56.9. The number of hydrogen-bond donors (Lipinski definition) is 10. The number of fused-ring (bicyclic) bond motifs is 4. The van der Waals surface area contributed by atoms with Crippen LogP contribution in [0.25, 0.3) is 0 Å². The maximum absolute atomic E-state index is 13.8. The lowest BCUT2D eigenvalue weighted by Crippen LogP contribution is -2.58. The van der Waals surface area contributed by atoms with Gasteiger partial charge in [-0.3, -0.25) is 23.2 Å². The highest BCUT2D eigenvalue weighted by atomic mass is 31.2. The average Bonchev–Trinajstić information content (AvgIpc) is 3.34. The molecule has 0 aromatic rings. The number of aliphatic hydroxyl groups excluding tert-OH is 7. The number of rotatable bonds is 28. The molecule has 10 N–H and O–H groups in total. The molecule has 0 aromatic heterocycles. The normalized spacial score (nSPS) is 30.6. The summed E-state index contributed by atoms with van der Waals surface area (Å²) >= 11 is 0. The van der Waals surface area contributed by atoms with Gasteiger partial charge in [0, 0.05) is 25.2 Å². The van der Waals surface area contributed by atoms with Gasteiger partial charge in [-0.2, -0.15) is 0 Å². The first-order chi connectivity index (χ1) is 35.3. The van der Waals surface area contributed by atoms with Crippen molar-refractivity contribution in [3.05, 3.63) is 60.8 Å². The lowest BCUT2D eigenvalue weighted by molar-refractivity contribution is -0.210. The van der Waals surface area contributed by atoms with Gasteiger partial charge >= 0.3 is 27.6 Å². The van der Waals surface area contributed by atoms with Gasteiger partial charge in [0.05, 0.1) is 24.9 Å². The quantitative estimate of drug-likeness (QED) is 0.0161. The van der Waals surface area contributed by atoms with Crippen LogP contribution in [0.2, 0.25) is 0 Å². The van der Waals surface area contributed by atoms with Crippen LogP contribution in [0.5, 0.6) is 0 Å². The molecule has 1 saturated heterocycles. The van der Waals surface area contributed by atoms with Crippen LogP contribution in [-0.2, 0) is 46.5 Å². The van der Waals surface area contributed by atoms with Crippen molar-refractivity contribution in [1.29, 1.82) is 0 Å². The van der Waals surface area contributed by atoms with E-state index in [0.717, 1.165) is 82.8 Å². The van der Waals surface area contributed by atoms with Crippen LogP contribution in [0.3, 0.4) is 0 Å². The van der Waals surface area contributed by atoms with Crippen LogP contribution < -0.4 is 0 Å². The minimum absolute atomic E-state index is 0.0319. The van der Waals surface area contributed by atoms with Crippen molar-refractivity contribution in [1.82, 2.24) is 0 Å². The molecule has 0 aliphatic carbocycles. The van der Waals surface area contributed by atoms with E-state index in [-0.39, 0.29) is 38.5 Å². The van der Waals surface area contributed by atoms with E-state index in [2.05, 4.69) is 43.4 Å². The van der Waals surface area contributed by atoms with Crippen molar-refractivity contribution < 1.29 is 96.9 Å². The van der Waals surface area contributed by atoms with Gasteiger partial charge < -0.3 is 64.6 Å². The van der Waals surface area contributed by atoms with Crippen LogP contribution in [0.15, 0.2) is 60.8 Å². The number of carbonyl (C=O) groups is 2. The maximum atomic E-state index is 13.8. The second-order valence-corrected chi connectivity index (χ2v) is 21.7. The first-order valence-corrected chi connectivity index (χ1v) is 29.8. The van der Waals surface area contributed by atoms with Crippen LogP contribution in [0.4, 0.5) is 0 Å². The number of ether oxygens (including phenoxy) is 3. The van der Waals surface area contributed by atoms with Crippen molar-refractivity contribution in [2.45, 2.75) is 235 Å². The largest absolute Gasteiger partial charge is 0.472 e. The molecular formula is C52H90O20P2. The van der Waals surface area contributed by atoms with E-state index in [1.165, 1.54) is 31.8 Å². The zero-order valence-corrected chi connectivity index (χ0v) is 45.3. The Morgan fingerprint density at radius 1 is 0.811 bits per heavy atom. The minimum atomic E-state index is -5.80. The molecule has 2 heterocycles. The summed E-state index contributed by atoms with van der Waals surface area (Å²) in [6.07, 6.45) is 11.1. The molecule has 2 aliphatic heterocycles. The van der Waals surface area contributed by atoms with Crippen molar-refractivity contribution in [3.8, 4) is 0 Å². The summed E-state index contributed by atoms with van der Waals surface area (Å²) in [5.41, 5.74) is 0. The van der Waals surface area contributed by atoms with Crippen LogP contribution >= 0.6 is 15.6 Å². The molecule has 22 heteroatoms. The van der Waals surface area contributed by atoms with Crippen LogP contribution in [0.1, 0.15) is 168 Å². The SMILES string of the molecule is CCCCCC/C=C\C/C=C\C/C=C\CCCCCCCCC(=O)OC[C@@H]1COP(=O)(O)O[C@H]2[C@H](O)[C@@H](O)[C@H](O)[C@@H](C/C=C\CCCC(=O)O1)[C@@H](O)CC(O)O[C@H](C=C[C@@H](O)CCCCC)[C@@H](O)[C@H]2OP(=O)(O)O. The van der Waals surface area contributed by atoms with Gasteiger partial charge in [0.1, 0.15) is 43.2 Å². The van der Waals surface area contributed by atoms with E-state index in [1.807, 2.05) is 6.92 Å². The van der Waals surface area contributed by atoms with E-state index in [0.29, 0.717) is 12.8 Å². The highest BCUT2D eigenvalue weighted by Gasteiger charge is 2.50. The summed E-state index contributed by atoms with van der Waals surface area (Å²) in [5.74, 6) is -2.88. The monoisotopic (exact) mass is 1100 g/mol. The smallest absolute Gasteiger partial charge is 0.462 e. The van der Waals surface area contributed by atoms with Crippen molar-refractivity contribution in [2.75, 3.05) is 13.2 Å². The van der Waals surface area contributed by atoms with Gasteiger partial charge in [-0.25, -0.2) is 9.13 Å². The molecule has 0 spiro atoms.